The monoisotopic (exact) mass is 192 g/mol. The van der Waals surface area contributed by atoms with Gasteiger partial charge in [-0.05, 0) is 38.5 Å². The highest BCUT2D eigenvalue weighted by Crippen LogP contribution is 2.21. The van der Waals surface area contributed by atoms with E-state index in [2.05, 4.69) is 11.1 Å². The van der Waals surface area contributed by atoms with Crippen LogP contribution in [0, 0.1) is 25.2 Å². The lowest BCUT2D eigenvalue weighted by Gasteiger charge is -2.04. The van der Waals surface area contributed by atoms with Crippen LogP contribution in [-0.4, -0.2) is 10.2 Å². The number of hydrogen-bond donors (Lipinski definition) is 0. The second-order valence-electron chi connectivity index (χ2n) is 3.01. The van der Waals surface area contributed by atoms with Gasteiger partial charge in [0.1, 0.15) is 0 Å². The van der Waals surface area contributed by atoms with E-state index in [1.54, 1.807) is 0 Å². The van der Waals surface area contributed by atoms with Crippen molar-refractivity contribution < 1.29 is 0 Å². The zero-order valence-electron chi connectivity index (χ0n) is 8.03. The molecule has 0 fully saturated rings. The number of rotatable bonds is 2. The van der Waals surface area contributed by atoms with Gasteiger partial charge in [0.05, 0.1) is 16.3 Å². The maximum atomic E-state index is 8.64. The fraction of sp³-hybridized carbons (Fsp3) is 0.400. The first kappa shape index (κ1) is 10.1. The Labute approximate surface area is 83.0 Å². The minimum Gasteiger partial charge on any atom is -0.247 e. The molecule has 0 radical (unpaired) electrons. The second-order valence-corrected chi connectivity index (χ2v) is 4.37. The van der Waals surface area contributed by atoms with Crippen LogP contribution in [-0.2, 0) is 0 Å². The highest BCUT2D eigenvalue weighted by atomic mass is 32.2. The number of aryl methyl sites for hydroxylation is 2. The summed E-state index contributed by atoms with van der Waals surface area (Å²) in [5.74, 6) is 0. The molecule has 0 aliphatic heterocycles. The van der Waals surface area contributed by atoms with Crippen molar-refractivity contribution in [2.24, 2.45) is 0 Å². The van der Waals surface area contributed by atoms with Gasteiger partial charge in [-0.3, -0.25) is 0 Å². The van der Waals surface area contributed by atoms with E-state index in [0.29, 0.717) is 0 Å². The lowest BCUT2D eigenvalue weighted by atomic mass is 10.3. The van der Waals surface area contributed by atoms with E-state index in [-0.39, 0.29) is 5.25 Å². The van der Waals surface area contributed by atoms with Gasteiger partial charge in [0.2, 0.25) is 0 Å². The van der Waals surface area contributed by atoms with Crippen molar-refractivity contribution in [2.75, 3.05) is 0 Å². The van der Waals surface area contributed by atoms with Crippen LogP contribution in [0.5, 0.6) is 0 Å². The highest BCUT2D eigenvalue weighted by molar-refractivity contribution is 8.00. The molecule has 1 atom stereocenters. The van der Waals surface area contributed by atoms with Crippen LogP contribution < -0.4 is 0 Å². The summed E-state index contributed by atoms with van der Waals surface area (Å²) in [7, 11) is 0. The normalized spacial score (nSPS) is 12.2. The maximum absolute atomic E-state index is 8.64. The van der Waals surface area contributed by atoms with Crippen molar-refractivity contribution in [2.45, 2.75) is 31.0 Å². The van der Waals surface area contributed by atoms with Gasteiger partial charge in [-0.15, -0.1) is 0 Å². The Morgan fingerprint density at radius 1 is 1.46 bits per heavy atom. The van der Waals surface area contributed by atoms with E-state index in [1.165, 1.54) is 17.3 Å². The molecule has 0 aliphatic rings. The van der Waals surface area contributed by atoms with Crippen LogP contribution >= 0.6 is 11.8 Å². The van der Waals surface area contributed by atoms with Crippen molar-refractivity contribution >= 4 is 11.8 Å². The third-order valence-corrected chi connectivity index (χ3v) is 2.46. The minimum absolute atomic E-state index is 0.0336. The molecule has 0 amide bonds. The van der Waals surface area contributed by atoms with Crippen LogP contribution in [0.3, 0.4) is 0 Å². The van der Waals surface area contributed by atoms with Crippen molar-refractivity contribution in [3.63, 3.8) is 0 Å². The molecule has 13 heavy (non-hydrogen) atoms. The third-order valence-electron chi connectivity index (χ3n) is 1.55. The fourth-order valence-electron chi connectivity index (χ4n) is 1.07. The van der Waals surface area contributed by atoms with Gasteiger partial charge in [0, 0.05) is 5.69 Å². The van der Waals surface area contributed by atoms with Gasteiger partial charge in [-0.1, -0.05) is 11.8 Å². The first-order valence-corrected chi connectivity index (χ1v) is 5.01. The number of thioether (sulfide) groups is 1. The molecular formula is C10H12N2S. The van der Waals surface area contributed by atoms with Gasteiger partial charge in [0.25, 0.3) is 0 Å². The number of hydrogen-bond acceptors (Lipinski definition) is 3. The lowest BCUT2D eigenvalue weighted by Crippen LogP contribution is -1.93. The molecule has 0 saturated carbocycles. The Bertz CT molecular complexity index is 321. The molecule has 1 aromatic heterocycles. The zero-order valence-corrected chi connectivity index (χ0v) is 8.85. The summed E-state index contributed by atoms with van der Waals surface area (Å²) in [5.41, 5.74) is 2.20. The maximum Gasteiger partial charge on any atom is 0.0978 e. The molecule has 1 unspecified atom stereocenters. The molecule has 0 saturated heterocycles. The first-order valence-electron chi connectivity index (χ1n) is 4.13. The molecule has 0 N–H and O–H groups in total. The summed E-state index contributed by atoms with van der Waals surface area (Å²) in [6, 6.07) is 6.21. The predicted molar refractivity (Wildman–Crippen MR) is 54.6 cm³/mol. The number of pyridine rings is 1. The van der Waals surface area contributed by atoms with Crippen molar-refractivity contribution in [3.8, 4) is 6.07 Å². The van der Waals surface area contributed by atoms with Gasteiger partial charge in [-0.25, -0.2) is 4.98 Å². The van der Waals surface area contributed by atoms with E-state index < -0.39 is 0 Å². The van der Waals surface area contributed by atoms with E-state index in [1.807, 2.05) is 32.9 Å². The molecular weight excluding hydrogens is 180 g/mol. The molecule has 2 nitrogen and oxygen atoms in total. The van der Waals surface area contributed by atoms with Gasteiger partial charge >= 0.3 is 0 Å². The molecule has 3 heteroatoms. The minimum atomic E-state index is -0.0336. The molecule has 1 heterocycles. The largest absolute Gasteiger partial charge is 0.247 e. The Hall–Kier alpha value is -1.01. The van der Waals surface area contributed by atoms with Gasteiger partial charge in [-0.2, -0.15) is 5.26 Å². The molecule has 68 valence electrons. The van der Waals surface area contributed by atoms with Crippen LogP contribution in [0.4, 0.5) is 0 Å². The number of nitrogens with zero attached hydrogens (tertiary/aromatic N) is 2. The zero-order chi connectivity index (χ0) is 9.84. The summed E-state index contributed by atoms with van der Waals surface area (Å²) >= 11 is 1.50. The van der Waals surface area contributed by atoms with Crippen molar-refractivity contribution in [1.29, 1.82) is 5.26 Å². The number of aromatic nitrogens is 1. The van der Waals surface area contributed by atoms with Crippen molar-refractivity contribution in [1.82, 2.24) is 4.98 Å². The smallest absolute Gasteiger partial charge is 0.0978 e. The second kappa shape index (κ2) is 4.29. The van der Waals surface area contributed by atoms with Crippen LogP contribution in [0.25, 0.3) is 0 Å². The SMILES string of the molecule is Cc1cc(C)nc(SC(C)C#N)c1. The van der Waals surface area contributed by atoms with Crippen LogP contribution in [0.1, 0.15) is 18.2 Å². The van der Waals surface area contributed by atoms with Crippen LogP contribution in [0.15, 0.2) is 17.2 Å². The lowest BCUT2D eigenvalue weighted by molar-refractivity contribution is 1.04. The molecule has 0 aliphatic carbocycles. The van der Waals surface area contributed by atoms with Crippen LogP contribution in [0.2, 0.25) is 0 Å². The topological polar surface area (TPSA) is 36.7 Å². The van der Waals surface area contributed by atoms with E-state index in [0.717, 1.165) is 10.7 Å². The number of nitriles is 1. The average Bonchev–Trinajstić information content (AvgIpc) is 2.02. The quantitative estimate of drug-likeness (QED) is 0.676. The molecule has 1 rings (SSSR count). The Morgan fingerprint density at radius 2 is 2.15 bits per heavy atom. The first-order chi connectivity index (χ1) is 6.11. The Balaban J connectivity index is 2.84. The van der Waals surface area contributed by atoms with Gasteiger partial charge in [0.15, 0.2) is 0 Å². The van der Waals surface area contributed by atoms with E-state index in [9.17, 15) is 0 Å². The summed E-state index contributed by atoms with van der Waals surface area (Å²) in [5, 5.41) is 9.54. The molecule has 0 aromatic carbocycles. The van der Waals surface area contributed by atoms with E-state index >= 15 is 0 Å². The standard InChI is InChI=1S/C10H12N2S/c1-7-4-8(2)12-10(5-7)13-9(3)6-11/h4-5,9H,1-3H3. The van der Waals surface area contributed by atoms with Gasteiger partial charge < -0.3 is 0 Å². The molecule has 1 aromatic rings. The van der Waals surface area contributed by atoms with Crippen molar-refractivity contribution in [3.05, 3.63) is 23.4 Å². The third kappa shape index (κ3) is 3.08. The average molecular weight is 192 g/mol. The highest BCUT2D eigenvalue weighted by Gasteiger charge is 2.04. The summed E-state index contributed by atoms with van der Waals surface area (Å²) in [6.07, 6.45) is 0. The molecule has 0 spiro atoms. The Kier molecular flexibility index (Phi) is 3.32. The summed E-state index contributed by atoms with van der Waals surface area (Å²) in [4.78, 5) is 4.33. The predicted octanol–water partition coefficient (Wildman–Crippen LogP) is 2.70. The summed E-state index contributed by atoms with van der Waals surface area (Å²) in [6.45, 7) is 5.88. The van der Waals surface area contributed by atoms with E-state index in [4.69, 9.17) is 5.26 Å². The Morgan fingerprint density at radius 3 is 2.69 bits per heavy atom. The molecule has 0 bridgehead atoms. The fourth-order valence-corrected chi connectivity index (χ4v) is 1.94. The summed E-state index contributed by atoms with van der Waals surface area (Å²) < 4.78 is 0.